The Bertz CT molecular complexity index is 570. The zero-order valence-corrected chi connectivity index (χ0v) is 12.3. The molecule has 2 aromatic heterocycles. The first-order valence-corrected chi connectivity index (χ1v) is 7.08. The summed E-state index contributed by atoms with van der Waals surface area (Å²) in [7, 11) is 0. The summed E-state index contributed by atoms with van der Waals surface area (Å²) in [5.41, 5.74) is 9.84. The molecule has 5 heteroatoms. The van der Waals surface area contributed by atoms with Gasteiger partial charge in [-0.15, -0.1) is 0 Å². The van der Waals surface area contributed by atoms with Crippen LogP contribution in [0.1, 0.15) is 36.6 Å². The van der Waals surface area contributed by atoms with Crippen molar-refractivity contribution < 1.29 is 0 Å². The number of aromatic nitrogens is 4. The Kier molecular flexibility index (Phi) is 4.74. The van der Waals surface area contributed by atoms with Gasteiger partial charge >= 0.3 is 0 Å². The lowest BCUT2D eigenvalue weighted by Gasteiger charge is -2.13. The van der Waals surface area contributed by atoms with Crippen LogP contribution in [0.3, 0.4) is 0 Å². The summed E-state index contributed by atoms with van der Waals surface area (Å²) < 4.78 is 0. The van der Waals surface area contributed by atoms with Gasteiger partial charge in [0.15, 0.2) is 5.82 Å². The van der Waals surface area contributed by atoms with Gasteiger partial charge in [0.1, 0.15) is 11.5 Å². The van der Waals surface area contributed by atoms with Gasteiger partial charge in [-0.2, -0.15) is 0 Å². The number of aryl methyl sites for hydroxylation is 3. The standard InChI is InChI=1S/C15H21N5/c1-4-12-11(6-8-16)13(5-2)20-15(19-12)14-7-9-17-10(3)18-14/h7,9H,4-6,8,16H2,1-3H3. The van der Waals surface area contributed by atoms with Crippen molar-refractivity contribution in [2.75, 3.05) is 6.54 Å². The molecule has 0 fully saturated rings. The van der Waals surface area contributed by atoms with Crippen molar-refractivity contribution >= 4 is 0 Å². The zero-order valence-electron chi connectivity index (χ0n) is 12.3. The first-order chi connectivity index (χ1) is 9.69. The van der Waals surface area contributed by atoms with E-state index in [1.165, 1.54) is 5.56 Å². The Hall–Kier alpha value is -1.88. The monoisotopic (exact) mass is 271 g/mol. The fourth-order valence-corrected chi connectivity index (χ4v) is 2.30. The van der Waals surface area contributed by atoms with Crippen molar-refractivity contribution in [1.82, 2.24) is 19.9 Å². The molecule has 0 amide bonds. The van der Waals surface area contributed by atoms with Crippen LogP contribution in [0.15, 0.2) is 12.3 Å². The van der Waals surface area contributed by atoms with Crippen LogP contribution in [-0.4, -0.2) is 26.5 Å². The fraction of sp³-hybridized carbons (Fsp3) is 0.467. The maximum atomic E-state index is 5.70. The van der Waals surface area contributed by atoms with Crippen molar-refractivity contribution in [3.8, 4) is 11.5 Å². The molecule has 0 saturated carbocycles. The van der Waals surface area contributed by atoms with E-state index in [4.69, 9.17) is 5.73 Å². The van der Waals surface area contributed by atoms with Gasteiger partial charge in [-0.05, 0) is 44.4 Å². The summed E-state index contributed by atoms with van der Waals surface area (Å²) in [5, 5.41) is 0. The second-order valence-electron chi connectivity index (χ2n) is 4.65. The van der Waals surface area contributed by atoms with Gasteiger partial charge in [0, 0.05) is 17.6 Å². The predicted molar refractivity (Wildman–Crippen MR) is 79.3 cm³/mol. The maximum absolute atomic E-state index is 5.70. The third-order valence-electron chi connectivity index (χ3n) is 3.25. The second kappa shape index (κ2) is 6.52. The van der Waals surface area contributed by atoms with Crippen molar-refractivity contribution in [2.24, 2.45) is 5.73 Å². The van der Waals surface area contributed by atoms with E-state index >= 15 is 0 Å². The number of nitrogens with two attached hydrogens (primary N) is 1. The normalized spacial score (nSPS) is 10.8. The highest BCUT2D eigenvalue weighted by Gasteiger charge is 2.13. The average molecular weight is 271 g/mol. The van der Waals surface area contributed by atoms with Crippen molar-refractivity contribution in [1.29, 1.82) is 0 Å². The molecule has 0 bridgehead atoms. The van der Waals surface area contributed by atoms with Gasteiger partial charge < -0.3 is 5.73 Å². The van der Waals surface area contributed by atoms with E-state index in [1.54, 1.807) is 6.20 Å². The summed E-state index contributed by atoms with van der Waals surface area (Å²) in [4.78, 5) is 17.9. The van der Waals surface area contributed by atoms with Crippen molar-refractivity contribution in [3.05, 3.63) is 35.0 Å². The first kappa shape index (κ1) is 14.5. The molecule has 0 unspecified atom stereocenters. The molecule has 0 radical (unpaired) electrons. The highest BCUT2D eigenvalue weighted by atomic mass is 15.0. The van der Waals surface area contributed by atoms with E-state index in [9.17, 15) is 0 Å². The van der Waals surface area contributed by atoms with Crippen LogP contribution in [0.4, 0.5) is 0 Å². The molecule has 0 atom stereocenters. The third kappa shape index (κ3) is 2.99. The number of nitrogens with zero attached hydrogens (tertiary/aromatic N) is 4. The lowest BCUT2D eigenvalue weighted by atomic mass is 10.0. The van der Waals surface area contributed by atoms with Gasteiger partial charge in [0.05, 0.1) is 0 Å². The van der Waals surface area contributed by atoms with Gasteiger partial charge in [-0.25, -0.2) is 19.9 Å². The average Bonchev–Trinajstić information content (AvgIpc) is 2.47. The smallest absolute Gasteiger partial charge is 0.178 e. The largest absolute Gasteiger partial charge is 0.330 e. The minimum absolute atomic E-state index is 0.620. The quantitative estimate of drug-likeness (QED) is 0.898. The van der Waals surface area contributed by atoms with E-state index < -0.39 is 0 Å². The maximum Gasteiger partial charge on any atom is 0.178 e. The molecule has 2 heterocycles. The van der Waals surface area contributed by atoms with Gasteiger partial charge in [0.25, 0.3) is 0 Å². The van der Waals surface area contributed by atoms with Crippen molar-refractivity contribution in [3.63, 3.8) is 0 Å². The van der Waals surface area contributed by atoms with E-state index in [0.717, 1.165) is 42.2 Å². The molecule has 2 aromatic rings. The topological polar surface area (TPSA) is 77.6 Å². The molecule has 5 nitrogen and oxygen atoms in total. The molecule has 0 saturated heterocycles. The summed E-state index contributed by atoms with van der Waals surface area (Å²) in [6.07, 6.45) is 4.32. The molecule has 2 N–H and O–H groups in total. The molecule has 0 aromatic carbocycles. The van der Waals surface area contributed by atoms with Crippen LogP contribution in [0.5, 0.6) is 0 Å². The van der Waals surface area contributed by atoms with E-state index in [1.807, 2.05) is 13.0 Å². The fourth-order valence-electron chi connectivity index (χ4n) is 2.30. The molecule has 0 aliphatic rings. The summed E-state index contributed by atoms with van der Waals surface area (Å²) in [6, 6.07) is 1.85. The zero-order chi connectivity index (χ0) is 14.5. The molecule has 0 aliphatic heterocycles. The van der Waals surface area contributed by atoms with Crippen molar-refractivity contribution in [2.45, 2.75) is 40.0 Å². The Morgan fingerprint density at radius 1 is 1.05 bits per heavy atom. The molecule has 0 spiro atoms. The highest BCUT2D eigenvalue weighted by molar-refractivity contribution is 5.50. The predicted octanol–water partition coefficient (Wildman–Crippen LogP) is 1.87. The molecular formula is C15H21N5. The van der Waals surface area contributed by atoms with Gasteiger partial charge in [-0.3, -0.25) is 0 Å². The van der Waals surface area contributed by atoms with Crippen LogP contribution in [0.2, 0.25) is 0 Å². The summed E-state index contributed by atoms with van der Waals surface area (Å²) >= 11 is 0. The van der Waals surface area contributed by atoms with Crippen LogP contribution < -0.4 is 5.73 Å². The van der Waals surface area contributed by atoms with E-state index in [2.05, 4.69) is 33.8 Å². The minimum atomic E-state index is 0.620. The molecule has 20 heavy (non-hydrogen) atoms. The van der Waals surface area contributed by atoms with Crippen LogP contribution in [0, 0.1) is 6.92 Å². The number of hydrogen-bond donors (Lipinski definition) is 1. The van der Waals surface area contributed by atoms with Crippen LogP contribution >= 0.6 is 0 Å². The Morgan fingerprint density at radius 3 is 2.20 bits per heavy atom. The summed E-state index contributed by atoms with van der Waals surface area (Å²) in [5.74, 6) is 1.42. The molecule has 106 valence electrons. The lowest BCUT2D eigenvalue weighted by Crippen LogP contribution is -2.12. The molecular weight excluding hydrogens is 250 g/mol. The Balaban J connectivity index is 2.55. The third-order valence-corrected chi connectivity index (χ3v) is 3.25. The minimum Gasteiger partial charge on any atom is -0.330 e. The second-order valence-corrected chi connectivity index (χ2v) is 4.65. The number of rotatable bonds is 5. The summed E-state index contributed by atoms with van der Waals surface area (Å²) in [6.45, 7) is 6.71. The molecule has 0 aliphatic carbocycles. The first-order valence-electron chi connectivity index (χ1n) is 7.08. The van der Waals surface area contributed by atoms with Crippen LogP contribution in [-0.2, 0) is 19.3 Å². The van der Waals surface area contributed by atoms with Gasteiger partial charge in [-0.1, -0.05) is 13.8 Å². The highest BCUT2D eigenvalue weighted by Crippen LogP contribution is 2.19. The molecule has 2 rings (SSSR count). The Morgan fingerprint density at radius 2 is 1.70 bits per heavy atom. The van der Waals surface area contributed by atoms with E-state index in [-0.39, 0.29) is 0 Å². The Labute approximate surface area is 119 Å². The van der Waals surface area contributed by atoms with Crippen LogP contribution in [0.25, 0.3) is 11.5 Å². The van der Waals surface area contributed by atoms with Gasteiger partial charge in [0.2, 0.25) is 0 Å². The SMILES string of the molecule is CCc1nc(-c2ccnc(C)n2)nc(CC)c1CCN. The number of hydrogen-bond acceptors (Lipinski definition) is 5. The van der Waals surface area contributed by atoms with E-state index in [0.29, 0.717) is 12.4 Å². The lowest BCUT2D eigenvalue weighted by molar-refractivity contribution is 0.841.